The van der Waals surface area contributed by atoms with Gasteiger partial charge in [0.15, 0.2) is 0 Å². The van der Waals surface area contributed by atoms with Gasteiger partial charge in [0.2, 0.25) is 0 Å². The van der Waals surface area contributed by atoms with Crippen molar-refractivity contribution in [2.45, 2.75) is 20.8 Å². The van der Waals surface area contributed by atoms with E-state index in [2.05, 4.69) is 26.1 Å². The third kappa shape index (κ3) is 5.61. The first-order valence-corrected chi connectivity index (χ1v) is 5.94. The van der Waals surface area contributed by atoms with Crippen molar-refractivity contribution in [3.63, 3.8) is 0 Å². The molecular formula is C15H17N3O. The Balaban J connectivity index is 2.61. The fourth-order valence-electron chi connectivity index (χ4n) is 1.19. The van der Waals surface area contributed by atoms with Gasteiger partial charge in [-0.3, -0.25) is 0 Å². The highest BCUT2D eigenvalue weighted by atomic mass is 16.5. The average molecular weight is 255 g/mol. The summed E-state index contributed by atoms with van der Waals surface area (Å²) in [4.78, 5) is 0. The van der Waals surface area contributed by atoms with Crippen LogP contribution in [0.15, 0.2) is 36.0 Å². The van der Waals surface area contributed by atoms with Gasteiger partial charge in [0.25, 0.3) is 0 Å². The first kappa shape index (κ1) is 14.6. The van der Waals surface area contributed by atoms with Gasteiger partial charge in [-0.05, 0) is 29.7 Å². The van der Waals surface area contributed by atoms with Crippen LogP contribution in [0.25, 0.3) is 0 Å². The van der Waals surface area contributed by atoms with Crippen LogP contribution in [0.1, 0.15) is 20.8 Å². The number of rotatable bonds is 4. The molecule has 1 N–H and O–H groups in total. The molecule has 0 saturated heterocycles. The Labute approximate surface area is 113 Å². The molecule has 0 bridgehead atoms. The Morgan fingerprint density at radius 3 is 2.26 bits per heavy atom. The van der Waals surface area contributed by atoms with Crippen LogP contribution in [0, 0.1) is 28.1 Å². The Morgan fingerprint density at radius 2 is 1.79 bits per heavy atom. The van der Waals surface area contributed by atoms with Crippen LogP contribution in [-0.4, -0.2) is 6.61 Å². The van der Waals surface area contributed by atoms with Crippen molar-refractivity contribution < 1.29 is 4.74 Å². The van der Waals surface area contributed by atoms with Crippen molar-refractivity contribution in [1.82, 2.24) is 0 Å². The van der Waals surface area contributed by atoms with Crippen LogP contribution >= 0.6 is 0 Å². The molecule has 4 heteroatoms. The highest BCUT2D eigenvalue weighted by Crippen LogP contribution is 2.19. The largest absolute Gasteiger partial charge is 0.493 e. The standard InChI is InChI=1S/C15H17N3O/c1-15(2,3)11-19-14-6-4-13(5-7-14)18-10-12(8-16)9-17/h4-7,10,18H,11H2,1-3H3. The molecule has 0 amide bonds. The second kappa shape index (κ2) is 6.47. The molecule has 0 radical (unpaired) electrons. The average Bonchev–Trinajstić information content (AvgIpc) is 2.38. The van der Waals surface area contributed by atoms with Gasteiger partial charge in [0.05, 0.1) is 6.61 Å². The van der Waals surface area contributed by atoms with Gasteiger partial charge in [0.1, 0.15) is 23.5 Å². The number of hydrogen-bond donors (Lipinski definition) is 1. The lowest BCUT2D eigenvalue weighted by molar-refractivity contribution is 0.198. The predicted octanol–water partition coefficient (Wildman–Crippen LogP) is 3.45. The van der Waals surface area contributed by atoms with Crippen LogP contribution in [0.5, 0.6) is 5.75 Å². The highest BCUT2D eigenvalue weighted by Gasteiger charge is 2.10. The maximum absolute atomic E-state index is 8.59. The van der Waals surface area contributed by atoms with Crippen molar-refractivity contribution in [3.05, 3.63) is 36.0 Å². The van der Waals surface area contributed by atoms with Crippen molar-refractivity contribution >= 4 is 5.69 Å². The molecule has 0 aliphatic carbocycles. The third-order valence-electron chi connectivity index (χ3n) is 2.15. The summed E-state index contributed by atoms with van der Waals surface area (Å²) in [6.45, 7) is 6.98. The number of nitrogens with zero attached hydrogens (tertiary/aromatic N) is 2. The number of allylic oxidation sites excluding steroid dienone is 1. The van der Waals surface area contributed by atoms with E-state index in [0.717, 1.165) is 11.4 Å². The third-order valence-corrected chi connectivity index (χ3v) is 2.15. The first-order valence-electron chi connectivity index (χ1n) is 5.94. The van der Waals surface area contributed by atoms with Crippen molar-refractivity contribution in [2.24, 2.45) is 5.41 Å². The van der Waals surface area contributed by atoms with Gasteiger partial charge >= 0.3 is 0 Å². The van der Waals surface area contributed by atoms with Gasteiger partial charge in [-0.2, -0.15) is 10.5 Å². The zero-order valence-corrected chi connectivity index (χ0v) is 11.4. The Morgan fingerprint density at radius 1 is 1.21 bits per heavy atom. The molecule has 0 heterocycles. The molecule has 1 aromatic carbocycles. The van der Waals surface area contributed by atoms with Gasteiger partial charge in [-0.1, -0.05) is 20.8 Å². The number of anilines is 1. The molecule has 0 fully saturated rings. The van der Waals surface area contributed by atoms with E-state index in [0.29, 0.717) is 6.61 Å². The summed E-state index contributed by atoms with van der Waals surface area (Å²) in [5.41, 5.74) is 0.952. The monoisotopic (exact) mass is 255 g/mol. The van der Waals surface area contributed by atoms with Crippen molar-refractivity contribution in [3.8, 4) is 17.9 Å². The highest BCUT2D eigenvalue weighted by molar-refractivity contribution is 5.51. The minimum absolute atomic E-state index is 0.0352. The molecule has 0 spiro atoms. The van der Waals surface area contributed by atoms with Crippen LogP contribution in [0.4, 0.5) is 5.69 Å². The second-order valence-electron chi connectivity index (χ2n) is 5.30. The Bertz CT molecular complexity index is 508. The van der Waals surface area contributed by atoms with Gasteiger partial charge in [0, 0.05) is 11.9 Å². The van der Waals surface area contributed by atoms with E-state index in [1.54, 1.807) is 12.1 Å². The van der Waals surface area contributed by atoms with Gasteiger partial charge < -0.3 is 10.1 Å². The van der Waals surface area contributed by atoms with E-state index in [4.69, 9.17) is 15.3 Å². The van der Waals surface area contributed by atoms with E-state index in [-0.39, 0.29) is 11.0 Å². The zero-order valence-electron chi connectivity index (χ0n) is 11.4. The molecule has 0 unspecified atom stereocenters. The minimum atomic E-state index is 0.0352. The summed E-state index contributed by atoms with van der Waals surface area (Å²) in [5, 5.41) is 20.1. The summed E-state index contributed by atoms with van der Waals surface area (Å²) in [6.07, 6.45) is 1.38. The number of nitriles is 2. The second-order valence-corrected chi connectivity index (χ2v) is 5.30. The summed E-state index contributed by atoms with van der Waals surface area (Å²) in [6, 6.07) is 10.9. The zero-order chi connectivity index (χ0) is 14.3. The molecule has 4 nitrogen and oxygen atoms in total. The number of ether oxygens (including phenoxy) is 1. The lowest BCUT2D eigenvalue weighted by Crippen LogP contribution is -2.16. The van der Waals surface area contributed by atoms with Crippen LogP contribution in [0.3, 0.4) is 0 Å². The van der Waals surface area contributed by atoms with E-state index in [1.807, 2.05) is 24.3 Å². The summed E-state index contributed by atoms with van der Waals surface area (Å²) < 4.78 is 5.65. The SMILES string of the molecule is CC(C)(C)COc1ccc(NC=C(C#N)C#N)cc1. The van der Waals surface area contributed by atoms with Gasteiger partial charge in [-0.15, -0.1) is 0 Å². The molecule has 1 rings (SSSR count). The first-order chi connectivity index (χ1) is 8.94. The Kier molecular flexibility index (Phi) is 4.97. The molecule has 19 heavy (non-hydrogen) atoms. The summed E-state index contributed by atoms with van der Waals surface area (Å²) in [5.74, 6) is 0.797. The predicted molar refractivity (Wildman–Crippen MR) is 74.3 cm³/mol. The van der Waals surface area contributed by atoms with Gasteiger partial charge in [-0.25, -0.2) is 0 Å². The van der Waals surface area contributed by atoms with Crippen molar-refractivity contribution in [1.29, 1.82) is 10.5 Å². The summed E-state index contributed by atoms with van der Waals surface area (Å²) >= 11 is 0. The summed E-state index contributed by atoms with van der Waals surface area (Å²) in [7, 11) is 0. The maximum Gasteiger partial charge on any atom is 0.145 e. The van der Waals surface area contributed by atoms with Crippen LogP contribution < -0.4 is 10.1 Å². The number of benzene rings is 1. The van der Waals surface area contributed by atoms with E-state index < -0.39 is 0 Å². The fourth-order valence-corrected chi connectivity index (χ4v) is 1.19. The smallest absolute Gasteiger partial charge is 0.145 e. The quantitative estimate of drug-likeness (QED) is 0.836. The molecule has 0 aromatic heterocycles. The number of nitrogens with one attached hydrogen (secondary N) is 1. The van der Waals surface area contributed by atoms with E-state index in [9.17, 15) is 0 Å². The lowest BCUT2D eigenvalue weighted by atomic mass is 9.99. The topological polar surface area (TPSA) is 68.8 Å². The maximum atomic E-state index is 8.59. The minimum Gasteiger partial charge on any atom is -0.493 e. The molecule has 0 saturated carbocycles. The van der Waals surface area contributed by atoms with E-state index >= 15 is 0 Å². The number of hydrogen-bond acceptors (Lipinski definition) is 4. The molecule has 0 aliphatic rings. The normalized spacial score (nSPS) is 9.95. The molecule has 98 valence electrons. The lowest BCUT2D eigenvalue weighted by Gasteiger charge is -2.18. The molecule has 1 aromatic rings. The Hall–Kier alpha value is -2.46. The van der Waals surface area contributed by atoms with Crippen LogP contribution in [-0.2, 0) is 0 Å². The van der Waals surface area contributed by atoms with E-state index in [1.165, 1.54) is 6.20 Å². The molecule has 0 aliphatic heterocycles. The molecule has 0 atom stereocenters. The van der Waals surface area contributed by atoms with Crippen molar-refractivity contribution in [2.75, 3.05) is 11.9 Å². The molecular weight excluding hydrogens is 238 g/mol. The fraction of sp³-hybridized carbons (Fsp3) is 0.333. The van der Waals surface area contributed by atoms with Crippen LogP contribution in [0.2, 0.25) is 0 Å².